The van der Waals surface area contributed by atoms with Crippen LogP contribution in [0.2, 0.25) is 0 Å². The minimum Gasteiger partial charge on any atom is -0.479 e. The smallest absolute Gasteiger partial charge is 0.329 e. The van der Waals surface area contributed by atoms with Gasteiger partial charge in [0.2, 0.25) is 6.41 Å². The third-order valence-corrected chi connectivity index (χ3v) is 3.12. The molecule has 1 amide bonds. The first-order chi connectivity index (χ1) is 6.62. The first-order valence-corrected chi connectivity index (χ1v) is 5.09. The second-order valence-corrected chi connectivity index (χ2v) is 3.79. The summed E-state index contributed by atoms with van der Waals surface area (Å²) in [6.07, 6.45) is 3.50. The van der Waals surface area contributed by atoms with Gasteiger partial charge in [-0.2, -0.15) is 0 Å². The molecule has 1 N–H and O–H groups in total. The molecule has 0 heterocycles. The zero-order chi connectivity index (χ0) is 10.8. The van der Waals surface area contributed by atoms with Gasteiger partial charge < -0.3 is 10.0 Å². The molecule has 0 bridgehead atoms. The number of nitrogens with zero attached hydrogens (tertiary/aromatic N) is 1. The minimum absolute atomic E-state index is 0.156. The Hall–Kier alpha value is -1.06. The van der Waals surface area contributed by atoms with Gasteiger partial charge in [-0.3, -0.25) is 4.79 Å². The fourth-order valence-electron chi connectivity index (χ4n) is 1.92. The first-order valence-electron chi connectivity index (χ1n) is 5.09. The fourth-order valence-corrected chi connectivity index (χ4v) is 1.92. The summed E-state index contributed by atoms with van der Waals surface area (Å²) in [5.41, 5.74) is -0.983. The van der Waals surface area contributed by atoms with Crippen molar-refractivity contribution in [2.45, 2.75) is 51.1 Å². The van der Waals surface area contributed by atoms with Crippen molar-refractivity contribution >= 4 is 12.4 Å². The Labute approximate surface area is 83.9 Å². The molecule has 0 unspecified atom stereocenters. The molecule has 1 rings (SSSR count). The maximum Gasteiger partial charge on any atom is 0.329 e. The lowest BCUT2D eigenvalue weighted by molar-refractivity contribution is -0.156. The Kier molecular flexibility index (Phi) is 3.13. The van der Waals surface area contributed by atoms with Gasteiger partial charge in [0.05, 0.1) is 0 Å². The molecule has 1 aliphatic carbocycles. The molecule has 1 fully saturated rings. The van der Waals surface area contributed by atoms with E-state index in [4.69, 9.17) is 0 Å². The second kappa shape index (κ2) is 3.98. The highest BCUT2D eigenvalue weighted by molar-refractivity contribution is 5.81. The van der Waals surface area contributed by atoms with Gasteiger partial charge in [0.15, 0.2) is 0 Å². The SMILES string of the molecule is CCC(CC)(C(=O)O)N(C=O)C1CC1. The molecule has 1 aliphatic rings. The van der Waals surface area contributed by atoms with E-state index in [9.17, 15) is 14.7 Å². The molecule has 0 spiro atoms. The fraction of sp³-hybridized carbons (Fsp3) is 0.800. The summed E-state index contributed by atoms with van der Waals surface area (Å²) in [6, 6.07) is 0.156. The van der Waals surface area contributed by atoms with Crippen LogP contribution in [0, 0.1) is 0 Å². The van der Waals surface area contributed by atoms with E-state index in [0.29, 0.717) is 19.3 Å². The van der Waals surface area contributed by atoms with Crippen LogP contribution in [0.1, 0.15) is 39.5 Å². The van der Waals surface area contributed by atoms with Crippen LogP contribution in [-0.2, 0) is 9.59 Å². The van der Waals surface area contributed by atoms with Crippen LogP contribution in [-0.4, -0.2) is 34.0 Å². The van der Waals surface area contributed by atoms with E-state index in [1.54, 1.807) is 0 Å². The van der Waals surface area contributed by atoms with Gasteiger partial charge in [0, 0.05) is 6.04 Å². The van der Waals surface area contributed by atoms with Crippen molar-refractivity contribution in [3.8, 4) is 0 Å². The van der Waals surface area contributed by atoms with E-state index >= 15 is 0 Å². The molecule has 0 aromatic heterocycles. The largest absolute Gasteiger partial charge is 0.479 e. The normalized spacial score (nSPS) is 16.4. The number of hydrogen-bond donors (Lipinski definition) is 1. The topological polar surface area (TPSA) is 57.6 Å². The lowest BCUT2D eigenvalue weighted by Crippen LogP contribution is -2.54. The predicted octanol–water partition coefficient (Wildman–Crippen LogP) is 1.25. The van der Waals surface area contributed by atoms with Crippen molar-refractivity contribution in [1.82, 2.24) is 4.90 Å². The van der Waals surface area contributed by atoms with Gasteiger partial charge >= 0.3 is 5.97 Å². The number of rotatable bonds is 6. The van der Waals surface area contributed by atoms with Crippen LogP contribution in [0.5, 0.6) is 0 Å². The lowest BCUT2D eigenvalue weighted by atomic mass is 9.91. The molecule has 1 saturated carbocycles. The Morgan fingerprint density at radius 2 is 2.00 bits per heavy atom. The van der Waals surface area contributed by atoms with Crippen molar-refractivity contribution in [1.29, 1.82) is 0 Å². The van der Waals surface area contributed by atoms with Crippen LogP contribution < -0.4 is 0 Å². The highest BCUT2D eigenvalue weighted by atomic mass is 16.4. The van der Waals surface area contributed by atoms with Gasteiger partial charge in [0.1, 0.15) is 5.54 Å². The van der Waals surface area contributed by atoms with E-state index in [1.807, 2.05) is 13.8 Å². The number of aliphatic carboxylic acids is 1. The van der Waals surface area contributed by atoms with E-state index in [0.717, 1.165) is 12.8 Å². The molecule has 14 heavy (non-hydrogen) atoms. The predicted molar refractivity (Wildman–Crippen MR) is 51.9 cm³/mol. The molecule has 0 aromatic carbocycles. The summed E-state index contributed by atoms with van der Waals surface area (Å²) in [6.45, 7) is 3.63. The maximum atomic E-state index is 11.2. The van der Waals surface area contributed by atoms with E-state index in [-0.39, 0.29) is 6.04 Å². The average Bonchev–Trinajstić information content (AvgIpc) is 2.97. The van der Waals surface area contributed by atoms with Gasteiger partial charge in [0.25, 0.3) is 0 Å². The summed E-state index contributed by atoms with van der Waals surface area (Å²) in [4.78, 5) is 23.6. The third-order valence-electron chi connectivity index (χ3n) is 3.12. The summed E-state index contributed by atoms with van der Waals surface area (Å²) < 4.78 is 0. The lowest BCUT2D eigenvalue weighted by Gasteiger charge is -2.37. The molecule has 4 heteroatoms. The molecule has 0 aliphatic heterocycles. The molecule has 0 aromatic rings. The van der Waals surface area contributed by atoms with Crippen molar-refractivity contribution < 1.29 is 14.7 Å². The first kappa shape index (κ1) is 11.0. The highest BCUT2D eigenvalue weighted by Gasteiger charge is 2.46. The molecule has 80 valence electrons. The Morgan fingerprint density at radius 3 is 2.21 bits per heavy atom. The Bertz CT molecular complexity index is 232. The van der Waals surface area contributed by atoms with Crippen molar-refractivity contribution in [3.63, 3.8) is 0 Å². The van der Waals surface area contributed by atoms with Crippen molar-refractivity contribution in [2.24, 2.45) is 0 Å². The standard InChI is InChI=1S/C10H17NO3/c1-3-10(4-2,9(13)14)11(7-12)8-5-6-8/h7-8H,3-6H2,1-2H3,(H,13,14). The van der Waals surface area contributed by atoms with Crippen LogP contribution in [0.4, 0.5) is 0 Å². The Morgan fingerprint density at radius 1 is 1.50 bits per heavy atom. The molecule has 4 nitrogen and oxygen atoms in total. The second-order valence-electron chi connectivity index (χ2n) is 3.79. The summed E-state index contributed by atoms with van der Waals surface area (Å²) >= 11 is 0. The van der Waals surface area contributed by atoms with Gasteiger partial charge in [-0.05, 0) is 25.7 Å². The molecule has 0 saturated heterocycles. The maximum absolute atomic E-state index is 11.2. The molecular weight excluding hydrogens is 182 g/mol. The highest BCUT2D eigenvalue weighted by Crippen LogP contribution is 2.35. The monoisotopic (exact) mass is 199 g/mol. The van der Waals surface area contributed by atoms with Crippen molar-refractivity contribution in [2.75, 3.05) is 0 Å². The van der Waals surface area contributed by atoms with E-state index < -0.39 is 11.5 Å². The van der Waals surface area contributed by atoms with Crippen LogP contribution >= 0.6 is 0 Å². The molecular formula is C10H17NO3. The minimum atomic E-state index is -0.983. The van der Waals surface area contributed by atoms with Crippen LogP contribution in [0.15, 0.2) is 0 Å². The summed E-state index contributed by atoms with van der Waals surface area (Å²) in [5.74, 6) is -0.888. The number of carbonyl (C=O) groups excluding carboxylic acids is 1. The third kappa shape index (κ3) is 1.61. The number of carbonyl (C=O) groups is 2. The Balaban J connectivity index is 2.92. The molecule has 0 atom stereocenters. The number of hydrogen-bond acceptors (Lipinski definition) is 2. The molecule has 0 radical (unpaired) electrons. The zero-order valence-electron chi connectivity index (χ0n) is 8.69. The van der Waals surface area contributed by atoms with Gasteiger partial charge in [-0.1, -0.05) is 13.8 Å². The summed E-state index contributed by atoms with van der Waals surface area (Å²) in [7, 11) is 0. The zero-order valence-corrected chi connectivity index (χ0v) is 8.69. The summed E-state index contributed by atoms with van der Waals surface area (Å²) in [5, 5.41) is 9.20. The van der Waals surface area contributed by atoms with E-state index in [2.05, 4.69) is 0 Å². The number of amides is 1. The van der Waals surface area contributed by atoms with Gasteiger partial charge in [-0.25, -0.2) is 4.79 Å². The quantitative estimate of drug-likeness (QED) is 0.655. The van der Waals surface area contributed by atoms with Crippen molar-refractivity contribution in [3.05, 3.63) is 0 Å². The average molecular weight is 199 g/mol. The van der Waals surface area contributed by atoms with E-state index in [1.165, 1.54) is 4.90 Å². The number of carboxylic acids is 1. The van der Waals surface area contributed by atoms with Crippen LogP contribution in [0.25, 0.3) is 0 Å². The van der Waals surface area contributed by atoms with Crippen LogP contribution in [0.3, 0.4) is 0 Å². The number of carboxylic acid groups (broad SMARTS) is 1. The van der Waals surface area contributed by atoms with Gasteiger partial charge in [-0.15, -0.1) is 0 Å².